The Morgan fingerprint density at radius 3 is 2.56 bits per heavy atom. The number of carbonyl (C=O) groups excluding carboxylic acids is 1. The summed E-state index contributed by atoms with van der Waals surface area (Å²) in [6, 6.07) is 0. The lowest BCUT2D eigenvalue weighted by molar-refractivity contribution is -0.138. The lowest BCUT2D eigenvalue weighted by atomic mass is 10.2. The van der Waals surface area contributed by atoms with Crippen molar-refractivity contribution in [3.8, 4) is 0 Å². The van der Waals surface area contributed by atoms with Crippen molar-refractivity contribution in [1.82, 2.24) is 0 Å². The van der Waals surface area contributed by atoms with Crippen LogP contribution in [0.1, 0.15) is 14.2 Å². The highest BCUT2D eigenvalue weighted by atomic mass is 16.4. The first kappa shape index (κ1) is 6.22. The van der Waals surface area contributed by atoms with Gasteiger partial charge < -0.3 is 10.8 Å². The first-order valence-electron chi connectivity index (χ1n) is 3.02. The summed E-state index contributed by atoms with van der Waals surface area (Å²) in [4.78, 5) is 20.4. The molecule has 1 unspecified atom stereocenters. The SMILES string of the molecule is [2H]C(CC(=O)CN)C(=O)O. The second-order valence-corrected chi connectivity index (χ2v) is 1.49. The first-order chi connectivity index (χ1) is 4.57. The maximum absolute atomic E-state index is 10.4. The number of hydrogen-bond acceptors (Lipinski definition) is 3. The van der Waals surface area contributed by atoms with Gasteiger partial charge in [-0.15, -0.1) is 0 Å². The Hall–Kier alpha value is -0.900. The van der Waals surface area contributed by atoms with Crippen molar-refractivity contribution in [2.24, 2.45) is 5.73 Å². The average molecular weight is 132 g/mol. The van der Waals surface area contributed by atoms with Gasteiger partial charge in [0, 0.05) is 7.79 Å². The molecule has 3 N–H and O–H groups in total. The van der Waals surface area contributed by atoms with Crippen LogP contribution in [0.25, 0.3) is 0 Å². The molecule has 0 fully saturated rings. The van der Waals surface area contributed by atoms with E-state index in [4.69, 9.17) is 12.2 Å². The molecule has 0 bridgehead atoms. The molecule has 0 aromatic heterocycles. The predicted octanol–water partition coefficient (Wildman–Crippen LogP) is -0.621. The molecule has 0 aliphatic rings. The van der Waals surface area contributed by atoms with Crippen molar-refractivity contribution in [2.75, 3.05) is 6.54 Å². The van der Waals surface area contributed by atoms with Gasteiger partial charge in [0.1, 0.15) is 5.78 Å². The van der Waals surface area contributed by atoms with Crippen LogP contribution in [0.5, 0.6) is 0 Å². The fourth-order valence-electron chi connectivity index (χ4n) is 0.284. The molecule has 0 saturated carbocycles. The molecule has 0 rings (SSSR count). The van der Waals surface area contributed by atoms with Crippen LogP contribution in [-0.2, 0) is 9.59 Å². The fraction of sp³-hybridized carbons (Fsp3) is 0.600. The van der Waals surface area contributed by atoms with Gasteiger partial charge in [-0.1, -0.05) is 0 Å². The van der Waals surface area contributed by atoms with Gasteiger partial charge in [0.2, 0.25) is 0 Å². The molecular weight excluding hydrogens is 122 g/mol. The van der Waals surface area contributed by atoms with Gasteiger partial charge in [-0.3, -0.25) is 9.59 Å². The number of Topliss-reactive ketones (excluding diaryl/α,β-unsaturated/α-hetero) is 1. The Labute approximate surface area is 54.1 Å². The van der Waals surface area contributed by atoms with E-state index in [9.17, 15) is 9.59 Å². The van der Waals surface area contributed by atoms with Crippen LogP contribution >= 0.6 is 0 Å². The number of carboxylic acid groups (broad SMARTS) is 1. The molecule has 52 valence electrons. The van der Waals surface area contributed by atoms with E-state index in [-0.39, 0.29) is 13.0 Å². The van der Waals surface area contributed by atoms with E-state index in [0.29, 0.717) is 0 Å². The zero-order valence-corrected chi connectivity index (χ0v) is 4.83. The lowest BCUT2D eigenvalue weighted by Gasteiger charge is -1.90. The summed E-state index contributed by atoms with van der Waals surface area (Å²) in [5, 5.41) is 8.15. The summed E-state index contributed by atoms with van der Waals surface area (Å²) in [6.45, 7) is -0.192. The minimum Gasteiger partial charge on any atom is -0.481 e. The molecule has 4 nitrogen and oxygen atoms in total. The highest BCUT2D eigenvalue weighted by Gasteiger charge is 2.01. The molecule has 0 aliphatic carbocycles. The Kier molecular flexibility index (Phi) is 2.78. The molecule has 0 amide bonds. The largest absolute Gasteiger partial charge is 0.481 e. The van der Waals surface area contributed by atoms with Gasteiger partial charge in [0.15, 0.2) is 0 Å². The highest BCUT2D eigenvalue weighted by Crippen LogP contribution is 1.87. The summed E-state index contributed by atoms with van der Waals surface area (Å²) >= 11 is 0. The van der Waals surface area contributed by atoms with Crippen LogP contribution in [0.2, 0.25) is 0 Å². The van der Waals surface area contributed by atoms with Crippen LogP contribution < -0.4 is 5.73 Å². The van der Waals surface area contributed by atoms with Crippen LogP contribution in [0.15, 0.2) is 0 Å². The maximum atomic E-state index is 10.4. The summed E-state index contributed by atoms with van der Waals surface area (Å²) < 4.78 is 6.78. The van der Waals surface area contributed by atoms with Crippen molar-refractivity contribution in [1.29, 1.82) is 0 Å². The van der Waals surface area contributed by atoms with Crippen molar-refractivity contribution in [3.05, 3.63) is 0 Å². The Bertz CT molecular complexity index is 148. The molecule has 0 heterocycles. The third-order valence-electron chi connectivity index (χ3n) is 0.732. The van der Waals surface area contributed by atoms with Crippen molar-refractivity contribution in [3.63, 3.8) is 0 Å². The van der Waals surface area contributed by atoms with Crippen LogP contribution in [0, 0.1) is 0 Å². The van der Waals surface area contributed by atoms with E-state index < -0.39 is 18.1 Å². The minimum absolute atomic E-state index is 0.192. The third-order valence-corrected chi connectivity index (χ3v) is 0.732. The number of hydrogen-bond donors (Lipinski definition) is 2. The summed E-state index contributed by atoms with van der Waals surface area (Å²) in [5.74, 6) is -1.69. The predicted molar refractivity (Wildman–Crippen MR) is 30.9 cm³/mol. The first-order valence-corrected chi connectivity index (χ1v) is 2.44. The highest BCUT2D eigenvalue weighted by molar-refractivity contribution is 5.83. The molecule has 0 saturated heterocycles. The van der Waals surface area contributed by atoms with Crippen molar-refractivity contribution in [2.45, 2.75) is 12.8 Å². The van der Waals surface area contributed by atoms with Crippen LogP contribution in [0.3, 0.4) is 0 Å². The third kappa shape index (κ3) is 4.96. The van der Waals surface area contributed by atoms with Crippen LogP contribution in [0.4, 0.5) is 0 Å². The quantitative estimate of drug-likeness (QED) is 0.534. The Morgan fingerprint density at radius 2 is 2.22 bits per heavy atom. The van der Waals surface area contributed by atoms with Crippen molar-refractivity contribution >= 4 is 11.8 Å². The molecule has 9 heavy (non-hydrogen) atoms. The maximum Gasteiger partial charge on any atom is 0.303 e. The Balaban J connectivity index is 3.68. The molecule has 4 heteroatoms. The molecular formula is C5H9NO3. The van der Waals surface area contributed by atoms with Crippen molar-refractivity contribution < 1.29 is 16.1 Å². The van der Waals surface area contributed by atoms with Gasteiger partial charge in [-0.05, 0) is 0 Å². The van der Waals surface area contributed by atoms with E-state index in [0.717, 1.165) is 0 Å². The van der Waals surface area contributed by atoms with Gasteiger partial charge >= 0.3 is 5.97 Å². The molecule has 1 atom stereocenters. The average Bonchev–Trinajstić information content (AvgIpc) is 1.87. The number of aliphatic carboxylic acids is 1. The lowest BCUT2D eigenvalue weighted by Crippen LogP contribution is -2.14. The van der Waals surface area contributed by atoms with E-state index >= 15 is 0 Å². The second-order valence-electron chi connectivity index (χ2n) is 1.49. The summed E-state index contributed by atoms with van der Waals surface area (Å²) in [6.07, 6.45) is -1.66. The normalized spacial score (nSPS) is 14.1. The zero-order valence-electron chi connectivity index (χ0n) is 5.83. The van der Waals surface area contributed by atoms with Gasteiger partial charge in [-0.25, -0.2) is 0 Å². The van der Waals surface area contributed by atoms with E-state index in [1.807, 2.05) is 0 Å². The molecule has 0 aromatic carbocycles. The molecule has 0 aromatic rings. The van der Waals surface area contributed by atoms with E-state index in [1.54, 1.807) is 0 Å². The topological polar surface area (TPSA) is 80.4 Å². The summed E-state index contributed by atoms with van der Waals surface area (Å²) in [5.41, 5.74) is 4.89. The molecule has 0 radical (unpaired) electrons. The number of rotatable bonds is 4. The van der Waals surface area contributed by atoms with E-state index in [1.165, 1.54) is 0 Å². The standard InChI is InChI=1S/C5H9NO3/c6-3-4(7)1-2-5(8)9/h1-3,6H2,(H,8,9)/i2D. The number of carbonyl (C=O) groups is 2. The number of nitrogens with two attached hydrogens (primary N) is 1. The van der Waals surface area contributed by atoms with Gasteiger partial charge in [0.05, 0.1) is 12.9 Å². The number of carboxylic acids is 1. The van der Waals surface area contributed by atoms with Gasteiger partial charge in [-0.2, -0.15) is 0 Å². The van der Waals surface area contributed by atoms with Gasteiger partial charge in [0.25, 0.3) is 0 Å². The van der Waals surface area contributed by atoms with Crippen LogP contribution in [-0.4, -0.2) is 23.4 Å². The molecule has 0 spiro atoms. The Morgan fingerprint density at radius 1 is 1.67 bits per heavy atom. The summed E-state index contributed by atoms with van der Waals surface area (Å²) in [7, 11) is 0. The number of ketones is 1. The molecule has 0 aliphatic heterocycles. The minimum atomic E-state index is -1.36. The second kappa shape index (κ2) is 4.03. The smallest absolute Gasteiger partial charge is 0.303 e. The monoisotopic (exact) mass is 132 g/mol. The van der Waals surface area contributed by atoms with E-state index in [2.05, 4.69) is 0 Å². The fourth-order valence-corrected chi connectivity index (χ4v) is 0.284. The zero-order chi connectivity index (χ0) is 8.15.